The van der Waals surface area contributed by atoms with Gasteiger partial charge in [0, 0.05) is 38.1 Å². The SMILES string of the molecule is CCc1nccn1-c1ccc(C(=O)Nc2ccnn2C)cn1. The fraction of sp³-hybridized carbons (Fsp3) is 0.200. The van der Waals surface area contributed by atoms with E-state index in [-0.39, 0.29) is 5.91 Å². The van der Waals surface area contributed by atoms with E-state index in [0.717, 1.165) is 18.1 Å². The van der Waals surface area contributed by atoms with Crippen molar-refractivity contribution in [3.05, 3.63) is 54.4 Å². The highest BCUT2D eigenvalue weighted by Gasteiger charge is 2.10. The number of anilines is 1. The van der Waals surface area contributed by atoms with Gasteiger partial charge in [0.25, 0.3) is 5.91 Å². The molecule has 3 aromatic heterocycles. The van der Waals surface area contributed by atoms with Crippen LogP contribution in [0.25, 0.3) is 5.82 Å². The second kappa shape index (κ2) is 5.80. The molecule has 0 fully saturated rings. The van der Waals surface area contributed by atoms with Gasteiger partial charge in [-0.2, -0.15) is 5.10 Å². The number of hydrogen-bond acceptors (Lipinski definition) is 4. The van der Waals surface area contributed by atoms with Crippen LogP contribution in [0.5, 0.6) is 0 Å². The third kappa shape index (κ3) is 2.60. The van der Waals surface area contributed by atoms with Crippen molar-refractivity contribution in [2.75, 3.05) is 5.32 Å². The van der Waals surface area contributed by atoms with Crippen molar-refractivity contribution < 1.29 is 4.79 Å². The Hall–Kier alpha value is -2.96. The molecule has 0 saturated heterocycles. The second-order valence-corrected chi connectivity index (χ2v) is 4.77. The Morgan fingerprint density at radius 2 is 2.09 bits per heavy atom. The van der Waals surface area contributed by atoms with E-state index in [9.17, 15) is 4.79 Å². The summed E-state index contributed by atoms with van der Waals surface area (Å²) in [7, 11) is 1.77. The molecule has 0 aliphatic rings. The lowest BCUT2D eigenvalue weighted by Gasteiger charge is -2.07. The summed E-state index contributed by atoms with van der Waals surface area (Å²) < 4.78 is 3.50. The number of carbonyl (C=O) groups excluding carboxylic acids is 1. The standard InChI is InChI=1S/C15H16N6O/c1-3-12-16-8-9-21(12)13-5-4-11(10-17-13)15(22)19-14-6-7-18-20(14)2/h4-10H,3H2,1-2H3,(H,19,22). The molecule has 0 aliphatic carbocycles. The normalized spacial score (nSPS) is 10.6. The van der Waals surface area contributed by atoms with E-state index in [1.807, 2.05) is 17.7 Å². The number of nitrogens with zero attached hydrogens (tertiary/aromatic N) is 5. The molecule has 3 aromatic rings. The minimum atomic E-state index is -0.219. The van der Waals surface area contributed by atoms with Gasteiger partial charge in [-0.05, 0) is 12.1 Å². The van der Waals surface area contributed by atoms with Crippen molar-refractivity contribution in [1.82, 2.24) is 24.3 Å². The van der Waals surface area contributed by atoms with E-state index in [2.05, 4.69) is 20.4 Å². The first-order valence-electron chi connectivity index (χ1n) is 6.97. The van der Waals surface area contributed by atoms with Gasteiger partial charge in [0.15, 0.2) is 0 Å². The van der Waals surface area contributed by atoms with Crippen LogP contribution >= 0.6 is 0 Å². The first kappa shape index (κ1) is 14.0. The summed E-state index contributed by atoms with van der Waals surface area (Å²) in [5.74, 6) is 2.09. The maximum absolute atomic E-state index is 12.2. The number of aryl methyl sites for hydroxylation is 2. The Morgan fingerprint density at radius 1 is 1.23 bits per heavy atom. The highest BCUT2D eigenvalue weighted by molar-refractivity contribution is 6.03. The molecule has 22 heavy (non-hydrogen) atoms. The lowest BCUT2D eigenvalue weighted by molar-refractivity contribution is 0.102. The molecule has 1 amide bonds. The van der Waals surface area contributed by atoms with Crippen molar-refractivity contribution in [3.8, 4) is 5.82 Å². The first-order chi connectivity index (χ1) is 10.7. The average molecular weight is 296 g/mol. The minimum absolute atomic E-state index is 0.219. The van der Waals surface area contributed by atoms with Gasteiger partial charge in [-0.3, -0.25) is 14.0 Å². The van der Waals surface area contributed by atoms with Crippen LogP contribution < -0.4 is 5.32 Å². The van der Waals surface area contributed by atoms with Crippen molar-refractivity contribution in [3.63, 3.8) is 0 Å². The predicted molar refractivity (Wildman–Crippen MR) is 81.9 cm³/mol. The lowest BCUT2D eigenvalue weighted by atomic mass is 10.2. The molecule has 3 heterocycles. The Balaban J connectivity index is 1.79. The Bertz CT molecular complexity index is 786. The molecule has 3 rings (SSSR count). The summed E-state index contributed by atoms with van der Waals surface area (Å²) in [6, 6.07) is 5.28. The maximum atomic E-state index is 12.2. The van der Waals surface area contributed by atoms with E-state index in [1.165, 1.54) is 0 Å². The second-order valence-electron chi connectivity index (χ2n) is 4.77. The average Bonchev–Trinajstić information content (AvgIpc) is 3.16. The molecular weight excluding hydrogens is 280 g/mol. The van der Waals surface area contributed by atoms with Crippen molar-refractivity contribution >= 4 is 11.7 Å². The zero-order chi connectivity index (χ0) is 15.5. The number of aromatic nitrogens is 5. The predicted octanol–water partition coefficient (Wildman–Crippen LogP) is 1.82. The largest absolute Gasteiger partial charge is 0.307 e. The van der Waals surface area contributed by atoms with Gasteiger partial charge in [-0.25, -0.2) is 9.97 Å². The molecule has 0 radical (unpaired) electrons. The summed E-state index contributed by atoms with van der Waals surface area (Å²) in [5.41, 5.74) is 0.489. The van der Waals surface area contributed by atoms with Gasteiger partial charge in [-0.1, -0.05) is 6.92 Å². The molecule has 0 bridgehead atoms. The Kier molecular flexibility index (Phi) is 3.69. The zero-order valence-electron chi connectivity index (χ0n) is 12.4. The molecule has 1 N–H and O–H groups in total. The van der Waals surface area contributed by atoms with Crippen LogP contribution in [0.2, 0.25) is 0 Å². The molecule has 0 saturated carbocycles. The molecule has 7 heteroatoms. The molecule has 7 nitrogen and oxygen atoms in total. The summed E-state index contributed by atoms with van der Waals surface area (Å²) in [5, 5.41) is 6.79. The fourth-order valence-corrected chi connectivity index (χ4v) is 2.15. The minimum Gasteiger partial charge on any atom is -0.307 e. The van der Waals surface area contributed by atoms with Crippen molar-refractivity contribution in [2.45, 2.75) is 13.3 Å². The highest BCUT2D eigenvalue weighted by Crippen LogP contribution is 2.11. The molecule has 112 valence electrons. The van der Waals surface area contributed by atoms with Gasteiger partial charge >= 0.3 is 0 Å². The van der Waals surface area contributed by atoms with E-state index in [4.69, 9.17) is 0 Å². The number of rotatable bonds is 4. The number of amides is 1. The number of imidazole rings is 1. The van der Waals surface area contributed by atoms with Crippen LogP contribution in [0.3, 0.4) is 0 Å². The summed E-state index contributed by atoms with van der Waals surface area (Å²) in [6.07, 6.45) is 7.60. The van der Waals surface area contributed by atoms with Crippen molar-refractivity contribution in [1.29, 1.82) is 0 Å². The van der Waals surface area contributed by atoms with E-state index < -0.39 is 0 Å². The monoisotopic (exact) mass is 296 g/mol. The molecule has 0 unspecified atom stereocenters. The fourth-order valence-electron chi connectivity index (χ4n) is 2.15. The molecule has 0 atom stereocenters. The lowest BCUT2D eigenvalue weighted by Crippen LogP contribution is -2.15. The van der Waals surface area contributed by atoms with Crippen LogP contribution in [0.15, 0.2) is 43.0 Å². The topological polar surface area (TPSA) is 77.6 Å². The number of hydrogen-bond donors (Lipinski definition) is 1. The molecule has 0 aliphatic heterocycles. The maximum Gasteiger partial charge on any atom is 0.258 e. The van der Waals surface area contributed by atoms with Gasteiger partial charge in [0.2, 0.25) is 0 Å². The zero-order valence-corrected chi connectivity index (χ0v) is 12.4. The summed E-state index contributed by atoms with van der Waals surface area (Å²) in [6.45, 7) is 2.04. The number of pyridine rings is 1. The van der Waals surface area contributed by atoms with Crippen LogP contribution in [0.4, 0.5) is 5.82 Å². The molecular formula is C15H16N6O. The van der Waals surface area contributed by atoms with Gasteiger partial charge in [-0.15, -0.1) is 0 Å². The highest BCUT2D eigenvalue weighted by atomic mass is 16.1. The quantitative estimate of drug-likeness (QED) is 0.796. The first-order valence-corrected chi connectivity index (χ1v) is 6.97. The number of nitrogens with one attached hydrogen (secondary N) is 1. The third-order valence-corrected chi connectivity index (χ3v) is 3.35. The molecule has 0 aromatic carbocycles. The van der Waals surface area contributed by atoms with Crippen LogP contribution in [0, 0.1) is 0 Å². The number of carbonyl (C=O) groups is 1. The van der Waals surface area contributed by atoms with Crippen LogP contribution in [0.1, 0.15) is 23.1 Å². The van der Waals surface area contributed by atoms with Gasteiger partial charge in [0.05, 0.1) is 11.8 Å². The molecule has 0 spiro atoms. The third-order valence-electron chi connectivity index (χ3n) is 3.35. The van der Waals surface area contributed by atoms with Crippen molar-refractivity contribution in [2.24, 2.45) is 7.05 Å². The van der Waals surface area contributed by atoms with E-state index in [1.54, 1.807) is 48.5 Å². The van der Waals surface area contributed by atoms with E-state index in [0.29, 0.717) is 11.4 Å². The van der Waals surface area contributed by atoms with Gasteiger partial charge < -0.3 is 5.32 Å². The summed E-state index contributed by atoms with van der Waals surface area (Å²) in [4.78, 5) is 20.8. The Labute approximate surface area is 127 Å². The Morgan fingerprint density at radius 3 is 2.73 bits per heavy atom. The smallest absolute Gasteiger partial charge is 0.258 e. The summed E-state index contributed by atoms with van der Waals surface area (Å²) >= 11 is 0. The van der Waals surface area contributed by atoms with E-state index >= 15 is 0 Å². The van der Waals surface area contributed by atoms with Crippen LogP contribution in [-0.2, 0) is 13.5 Å². The van der Waals surface area contributed by atoms with Gasteiger partial charge in [0.1, 0.15) is 17.5 Å². The van der Waals surface area contributed by atoms with Crippen LogP contribution in [-0.4, -0.2) is 30.2 Å².